The van der Waals surface area contributed by atoms with Crippen molar-refractivity contribution in [3.05, 3.63) is 125 Å². The SMILES string of the molecule is Cc1ccc(-c2ccccc2CN2C(=O)c3ccccc3C2C(=O)NCc2ccc(S(C)(=O)=O)cc2)cc1. The van der Waals surface area contributed by atoms with E-state index in [9.17, 15) is 18.0 Å². The van der Waals surface area contributed by atoms with Crippen molar-refractivity contribution in [2.75, 3.05) is 6.26 Å². The van der Waals surface area contributed by atoms with Gasteiger partial charge in [-0.15, -0.1) is 0 Å². The second-order valence-electron chi connectivity index (χ2n) is 9.58. The topological polar surface area (TPSA) is 83.6 Å². The van der Waals surface area contributed by atoms with E-state index in [4.69, 9.17) is 0 Å². The van der Waals surface area contributed by atoms with Crippen LogP contribution in [0.4, 0.5) is 0 Å². The molecule has 0 aromatic heterocycles. The van der Waals surface area contributed by atoms with Gasteiger partial charge in [0.2, 0.25) is 5.91 Å². The molecule has 0 saturated heterocycles. The fourth-order valence-corrected chi connectivity index (χ4v) is 5.44. The number of nitrogens with zero attached hydrogens (tertiary/aromatic N) is 1. The van der Waals surface area contributed by atoms with Crippen LogP contribution in [0.15, 0.2) is 102 Å². The summed E-state index contributed by atoms with van der Waals surface area (Å²) in [5.74, 6) is -0.472. The fourth-order valence-electron chi connectivity index (χ4n) is 4.81. The van der Waals surface area contributed by atoms with Gasteiger partial charge in [-0.25, -0.2) is 8.42 Å². The van der Waals surface area contributed by atoms with Crippen molar-refractivity contribution in [1.82, 2.24) is 10.2 Å². The minimum Gasteiger partial charge on any atom is -0.350 e. The smallest absolute Gasteiger partial charge is 0.255 e. The van der Waals surface area contributed by atoms with Gasteiger partial charge in [0.05, 0.1) is 4.90 Å². The maximum atomic E-state index is 13.5. The molecule has 1 atom stereocenters. The molecule has 6 nitrogen and oxygen atoms in total. The summed E-state index contributed by atoms with van der Waals surface area (Å²) >= 11 is 0. The van der Waals surface area contributed by atoms with Crippen LogP contribution >= 0.6 is 0 Å². The van der Waals surface area contributed by atoms with Crippen LogP contribution in [0.3, 0.4) is 0 Å². The summed E-state index contributed by atoms with van der Waals surface area (Å²) in [4.78, 5) is 28.9. The van der Waals surface area contributed by atoms with Crippen molar-refractivity contribution >= 4 is 21.7 Å². The Labute approximate surface area is 222 Å². The quantitative estimate of drug-likeness (QED) is 0.366. The van der Waals surface area contributed by atoms with E-state index >= 15 is 0 Å². The van der Waals surface area contributed by atoms with Gasteiger partial charge in [-0.2, -0.15) is 0 Å². The van der Waals surface area contributed by atoms with E-state index < -0.39 is 15.9 Å². The summed E-state index contributed by atoms with van der Waals surface area (Å²) in [6.45, 7) is 2.53. The Balaban J connectivity index is 1.42. The van der Waals surface area contributed by atoms with Gasteiger partial charge in [0.25, 0.3) is 5.91 Å². The Kier molecular flexibility index (Phi) is 6.87. The maximum Gasteiger partial charge on any atom is 0.255 e. The third kappa shape index (κ3) is 5.10. The molecular formula is C31H28N2O4S. The van der Waals surface area contributed by atoms with Gasteiger partial charge >= 0.3 is 0 Å². The van der Waals surface area contributed by atoms with Gasteiger partial charge in [-0.3, -0.25) is 9.59 Å². The zero-order valence-electron chi connectivity index (χ0n) is 21.2. The molecule has 1 unspecified atom stereocenters. The monoisotopic (exact) mass is 524 g/mol. The number of rotatable bonds is 7. The molecule has 38 heavy (non-hydrogen) atoms. The van der Waals surface area contributed by atoms with Crippen LogP contribution in [0.1, 0.15) is 38.7 Å². The molecule has 0 radical (unpaired) electrons. The minimum absolute atomic E-state index is 0.183. The summed E-state index contributed by atoms with van der Waals surface area (Å²) in [7, 11) is -3.30. The molecule has 1 N–H and O–H groups in total. The second kappa shape index (κ2) is 10.3. The van der Waals surface area contributed by atoms with Crippen LogP contribution < -0.4 is 5.32 Å². The maximum absolute atomic E-state index is 13.5. The van der Waals surface area contributed by atoms with Crippen LogP contribution in [-0.4, -0.2) is 31.4 Å². The molecule has 0 fully saturated rings. The summed E-state index contributed by atoms with van der Waals surface area (Å²) in [5.41, 5.74) is 6.15. The van der Waals surface area contributed by atoms with E-state index in [2.05, 4.69) is 29.6 Å². The van der Waals surface area contributed by atoms with Crippen molar-refractivity contribution in [1.29, 1.82) is 0 Å². The molecule has 0 spiro atoms. The zero-order chi connectivity index (χ0) is 26.9. The molecule has 1 aliphatic heterocycles. The van der Waals surface area contributed by atoms with E-state index in [-0.39, 0.29) is 29.8 Å². The first kappa shape index (κ1) is 25.4. The molecule has 0 aliphatic carbocycles. The lowest BCUT2D eigenvalue weighted by Gasteiger charge is -2.26. The number of aryl methyl sites for hydroxylation is 1. The van der Waals surface area contributed by atoms with Gasteiger partial charge in [-0.1, -0.05) is 84.4 Å². The number of sulfone groups is 1. The molecule has 0 bridgehead atoms. The third-order valence-electron chi connectivity index (χ3n) is 6.85. The van der Waals surface area contributed by atoms with Crippen molar-refractivity contribution in [3.8, 4) is 11.1 Å². The number of benzene rings is 4. The summed E-state index contributed by atoms with van der Waals surface area (Å²) in [6.07, 6.45) is 1.16. The predicted molar refractivity (Wildman–Crippen MR) is 147 cm³/mol. The Morgan fingerprint density at radius 3 is 2.16 bits per heavy atom. The molecule has 0 saturated carbocycles. The lowest BCUT2D eigenvalue weighted by molar-refractivity contribution is -0.125. The van der Waals surface area contributed by atoms with Gasteiger partial charge in [0.1, 0.15) is 6.04 Å². The Bertz CT molecular complexity index is 1610. The number of amides is 2. The van der Waals surface area contributed by atoms with Gasteiger partial charge in [0, 0.05) is 24.9 Å². The largest absolute Gasteiger partial charge is 0.350 e. The number of carbonyl (C=O) groups excluding carboxylic acids is 2. The molecule has 5 rings (SSSR count). The van der Waals surface area contributed by atoms with Gasteiger partial charge in [-0.05, 0) is 52.9 Å². The minimum atomic E-state index is -3.30. The first-order valence-electron chi connectivity index (χ1n) is 12.3. The Morgan fingerprint density at radius 1 is 0.842 bits per heavy atom. The Morgan fingerprint density at radius 2 is 1.47 bits per heavy atom. The Hall–Kier alpha value is -4.23. The highest BCUT2D eigenvalue weighted by atomic mass is 32.2. The highest BCUT2D eigenvalue weighted by Crippen LogP contribution is 2.36. The zero-order valence-corrected chi connectivity index (χ0v) is 22.0. The molecule has 2 amide bonds. The van der Waals surface area contributed by atoms with Crippen LogP contribution in [-0.2, 0) is 27.7 Å². The standard InChI is InChI=1S/C31H28N2O4S/c1-21-11-15-23(16-12-21)26-8-4-3-7-24(26)20-33-29(27-9-5-6-10-28(27)31(33)35)30(34)32-19-22-13-17-25(18-14-22)38(2,36)37/h3-18,29H,19-20H2,1-2H3,(H,32,34). The van der Waals surface area contributed by atoms with Crippen molar-refractivity contribution in [2.24, 2.45) is 0 Å². The van der Waals surface area contributed by atoms with Crippen LogP contribution in [0, 0.1) is 6.92 Å². The molecule has 4 aromatic carbocycles. The summed E-state index contributed by atoms with van der Waals surface area (Å²) in [5, 5.41) is 2.95. The van der Waals surface area contributed by atoms with Gasteiger partial charge < -0.3 is 10.2 Å². The second-order valence-corrected chi connectivity index (χ2v) is 11.6. The van der Waals surface area contributed by atoms with Crippen LogP contribution in [0.25, 0.3) is 11.1 Å². The molecular weight excluding hydrogens is 496 g/mol. The molecule has 7 heteroatoms. The third-order valence-corrected chi connectivity index (χ3v) is 7.97. The number of hydrogen-bond acceptors (Lipinski definition) is 4. The van der Waals surface area contributed by atoms with Crippen LogP contribution in [0.5, 0.6) is 0 Å². The first-order valence-corrected chi connectivity index (χ1v) is 14.2. The highest BCUT2D eigenvalue weighted by Gasteiger charge is 2.41. The lowest BCUT2D eigenvalue weighted by Crippen LogP contribution is -2.38. The van der Waals surface area contributed by atoms with Crippen molar-refractivity contribution in [2.45, 2.75) is 31.0 Å². The number of fused-ring (bicyclic) bond motifs is 1. The van der Waals surface area contributed by atoms with E-state index in [1.54, 1.807) is 29.2 Å². The average molecular weight is 525 g/mol. The predicted octanol–water partition coefficient (Wildman–Crippen LogP) is 5.08. The van der Waals surface area contributed by atoms with E-state index in [0.717, 1.165) is 28.5 Å². The van der Waals surface area contributed by atoms with Crippen LogP contribution in [0.2, 0.25) is 0 Å². The molecule has 192 valence electrons. The lowest BCUT2D eigenvalue weighted by atomic mass is 9.98. The van der Waals surface area contributed by atoms with Gasteiger partial charge in [0.15, 0.2) is 9.84 Å². The summed E-state index contributed by atoms with van der Waals surface area (Å²) in [6, 6.07) is 29.0. The molecule has 1 heterocycles. The van der Waals surface area contributed by atoms with E-state index in [1.165, 1.54) is 17.7 Å². The number of hydrogen-bond donors (Lipinski definition) is 1. The fraction of sp³-hybridized carbons (Fsp3) is 0.161. The molecule has 4 aromatic rings. The highest BCUT2D eigenvalue weighted by molar-refractivity contribution is 7.90. The van der Waals surface area contributed by atoms with Crippen molar-refractivity contribution in [3.63, 3.8) is 0 Å². The normalized spacial score (nSPS) is 14.8. The first-order chi connectivity index (χ1) is 18.2. The molecule has 1 aliphatic rings. The average Bonchev–Trinajstić information content (AvgIpc) is 3.19. The number of nitrogens with one attached hydrogen (secondary N) is 1. The van der Waals surface area contributed by atoms with Crippen molar-refractivity contribution < 1.29 is 18.0 Å². The van der Waals surface area contributed by atoms with E-state index in [0.29, 0.717) is 11.1 Å². The summed E-state index contributed by atoms with van der Waals surface area (Å²) < 4.78 is 23.5. The number of carbonyl (C=O) groups is 2. The van der Waals surface area contributed by atoms with E-state index in [1.807, 2.05) is 43.3 Å².